The topological polar surface area (TPSA) is 55.8 Å². The highest BCUT2D eigenvalue weighted by atomic mass is 35.5. The standard InChI is InChI=1S/C23H23Cl2NO4/c1-15-22(23(28)30-14-17-5-3-4-6-20(17)25)19(16-7-9-18(24)10-8-16)13-21(27)26(15)11-12-29-2/h3-10,19H,11-14H2,1-2H3. The molecule has 1 aliphatic rings. The average Bonchev–Trinajstić information content (AvgIpc) is 2.73. The number of amides is 1. The van der Waals surface area contributed by atoms with Gasteiger partial charge in [-0.25, -0.2) is 4.79 Å². The molecule has 0 saturated carbocycles. The van der Waals surface area contributed by atoms with Gasteiger partial charge in [0.15, 0.2) is 0 Å². The van der Waals surface area contributed by atoms with E-state index in [0.29, 0.717) is 34.5 Å². The number of halogens is 2. The maximum absolute atomic E-state index is 13.2. The van der Waals surface area contributed by atoms with Gasteiger partial charge in [0.05, 0.1) is 12.2 Å². The number of hydrogen-bond donors (Lipinski definition) is 0. The van der Waals surface area contributed by atoms with Crippen molar-refractivity contribution in [2.24, 2.45) is 0 Å². The van der Waals surface area contributed by atoms with Crippen molar-refractivity contribution in [2.45, 2.75) is 25.9 Å². The fraction of sp³-hybridized carbons (Fsp3) is 0.304. The molecule has 2 aromatic rings. The number of rotatable bonds is 7. The molecule has 0 radical (unpaired) electrons. The Bertz CT molecular complexity index is 956. The lowest BCUT2D eigenvalue weighted by Crippen LogP contribution is -2.40. The van der Waals surface area contributed by atoms with Crippen molar-refractivity contribution >= 4 is 35.1 Å². The number of esters is 1. The summed E-state index contributed by atoms with van der Waals surface area (Å²) in [6.45, 7) is 2.56. The molecule has 30 heavy (non-hydrogen) atoms. The lowest BCUT2D eigenvalue weighted by Gasteiger charge is -2.34. The predicted molar refractivity (Wildman–Crippen MR) is 116 cm³/mol. The van der Waals surface area contributed by atoms with Crippen molar-refractivity contribution in [1.82, 2.24) is 4.90 Å². The lowest BCUT2D eigenvalue weighted by atomic mass is 9.83. The van der Waals surface area contributed by atoms with E-state index in [9.17, 15) is 9.59 Å². The van der Waals surface area contributed by atoms with E-state index in [4.69, 9.17) is 32.7 Å². The Morgan fingerprint density at radius 2 is 1.83 bits per heavy atom. The maximum Gasteiger partial charge on any atom is 0.336 e. The van der Waals surface area contributed by atoms with Crippen LogP contribution >= 0.6 is 23.2 Å². The van der Waals surface area contributed by atoms with Crippen molar-refractivity contribution in [3.63, 3.8) is 0 Å². The van der Waals surface area contributed by atoms with Crippen LogP contribution in [0.4, 0.5) is 0 Å². The molecule has 0 N–H and O–H groups in total. The Morgan fingerprint density at radius 3 is 2.50 bits per heavy atom. The average molecular weight is 448 g/mol. The number of nitrogens with zero attached hydrogens (tertiary/aromatic N) is 1. The van der Waals surface area contributed by atoms with E-state index in [1.807, 2.05) is 30.3 Å². The molecule has 1 atom stereocenters. The van der Waals surface area contributed by atoms with Gasteiger partial charge in [0.25, 0.3) is 0 Å². The van der Waals surface area contributed by atoms with E-state index >= 15 is 0 Å². The summed E-state index contributed by atoms with van der Waals surface area (Å²) in [6, 6.07) is 14.4. The first-order chi connectivity index (χ1) is 14.4. The normalized spacial score (nSPS) is 16.7. The van der Waals surface area contributed by atoms with Crippen LogP contribution in [0, 0.1) is 0 Å². The van der Waals surface area contributed by atoms with Crippen LogP contribution in [0.2, 0.25) is 10.0 Å². The van der Waals surface area contributed by atoms with Crippen molar-refractivity contribution in [2.75, 3.05) is 20.3 Å². The smallest absolute Gasteiger partial charge is 0.336 e. The van der Waals surface area contributed by atoms with Gasteiger partial charge in [0.1, 0.15) is 6.61 Å². The van der Waals surface area contributed by atoms with E-state index in [1.54, 1.807) is 37.1 Å². The quantitative estimate of drug-likeness (QED) is 0.561. The summed E-state index contributed by atoms with van der Waals surface area (Å²) in [5.74, 6) is -0.943. The van der Waals surface area contributed by atoms with Crippen LogP contribution in [-0.2, 0) is 25.7 Å². The van der Waals surface area contributed by atoms with E-state index in [1.165, 1.54) is 0 Å². The molecule has 0 bridgehead atoms. The number of hydrogen-bond acceptors (Lipinski definition) is 4. The van der Waals surface area contributed by atoms with Crippen LogP contribution in [0.15, 0.2) is 59.8 Å². The molecule has 0 aromatic heterocycles. The number of allylic oxidation sites excluding steroid dienone is 1. The van der Waals surface area contributed by atoms with E-state index in [2.05, 4.69) is 0 Å². The molecule has 3 rings (SSSR count). The molecule has 2 aromatic carbocycles. The van der Waals surface area contributed by atoms with Gasteiger partial charge in [-0.1, -0.05) is 53.5 Å². The third-order valence-electron chi connectivity index (χ3n) is 5.15. The predicted octanol–water partition coefficient (Wildman–Crippen LogP) is 4.97. The molecule has 7 heteroatoms. The fourth-order valence-electron chi connectivity index (χ4n) is 3.55. The highest BCUT2D eigenvalue weighted by molar-refractivity contribution is 6.31. The molecular weight excluding hydrogens is 425 g/mol. The molecule has 1 heterocycles. The van der Waals surface area contributed by atoms with Gasteiger partial charge in [0, 0.05) is 47.3 Å². The minimum Gasteiger partial charge on any atom is -0.457 e. The van der Waals surface area contributed by atoms with Crippen molar-refractivity contribution in [3.8, 4) is 0 Å². The van der Waals surface area contributed by atoms with Crippen LogP contribution in [0.1, 0.15) is 30.4 Å². The maximum atomic E-state index is 13.2. The van der Waals surface area contributed by atoms with Crippen molar-refractivity contribution < 1.29 is 19.1 Å². The summed E-state index contributed by atoms with van der Waals surface area (Å²) in [7, 11) is 1.57. The summed E-state index contributed by atoms with van der Waals surface area (Å²) in [5, 5.41) is 1.12. The molecule has 1 amide bonds. The lowest BCUT2D eigenvalue weighted by molar-refractivity contribution is -0.141. The molecule has 0 spiro atoms. The van der Waals surface area contributed by atoms with Crippen LogP contribution in [0.25, 0.3) is 0 Å². The second-order valence-electron chi connectivity index (χ2n) is 7.01. The largest absolute Gasteiger partial charge is 0.457 e. The molecule has 5 nitrogen and oxygen atoms in total. The Balaban J connectivity index is 1.93. The minimum absolute atomic E-state index is 0.0502. The Morgan fingerprint density at radius 1 is 1.13 bits per heavy atom. The summed E-state index contributed by atoms with van der Waals surface area (Å²) >= 11 is 12.2. The minimum atomic E-state index is -0.470. The fourth-order valence-corrected chi connectivity index (χ4v) is 3.87. The second-order valence-corrected chi connectivity index (χ2v) is 7.86. The zero-order chi connectivity index (χ0) is 21.7. The van der Waals surface area contributed by atoms with E-state index in [0.717, 1.165) is 11.1 Å². The highest BCUT2D eigenvalue weighted by Crippen LogP contribution is 2.37. The van der Waals surface area contributed by atoms with Crippen LogP contribution < -0.4 is 0 Å². The molecule has 1 aliphatic heterocycles. The zero-order valence-electron chi connectivity index (χ0n) is 16.9. The van der Waals surface area contributed by atoms with Gasteiger partial charge in [-0.2, -0.15) is 0 Å². The summed E-state index contributed by atoms with van der Waals surface area (Å²) < 4.78 is 10.7. The van der Waals surface area contributed by atoms with E-state index < -0.39 is 11.9 Å². The summed E-state index contributed by atoms with van der Waals surface area (Å²) in [6.07, 6.45) is 0.166. The number of benzene rings is 2. The van der Waals surface area contributed by atoms with Crippen LogP contribution in [0.3, 0.4) is 0 Å². The monoisotopic (exact) mass is 447 g/mol. The van der Waals surface area contributed by atoms with E-state index in [-0.39, 0.29) is 18.9 Å². The van der Waals surface area contributed by atoms with Crippen LogP contribution in [0.5, 0.6) is 0 Å². The molecule has 158 valence electrons. The first kappa shape index (κ1) is 22.3. The SMILES string of the molecule is COCCN1C(=O)CC(c2ccc(Cl)cc2)C(C(=O)OCc2ccccc2Cl)=C1C. The molecule has 0 fully saturated rings. The van der Waals surface area contributed by atoms with Crippen molar-refractivity contribution in [3.05, 3.63) is 81.0 Å². The molecule has 0 aliphatic carbocycles. The Hall–Kier alpha value is -2.34. The van der Waals surface area contributed by atoms with Gasteiger partial charge >= 0.3 is 5.97 Å². The Labute approximate surface area is 186 Å². The summed E-state index contributed by atoms with van der Waals surface area (Å²) in [4.78, 5) is 27.5. The van der Waals surface area contributed by atoms with Gasteiger partial charge in [-0.15, -0.1) is 0 Å². The second kappa shape index (κ2) is 10.1. The number of methoxy groups -OCH3 is 1. The third kappa shape index (κ3) is 5.04. The molecular formula is C23H23Cl2NO4. The zero-order valence-corrected chi connectivity index (χ0v) is 18.4. The third-order valence-corrected chi connectivity index (χ3v) is 5.77. The van der Waals surface area contributed by atoms with Gasteiger partial charge in [0.2, 0.25) is 5.91 Å². The first-order valence-corrected chi connectivity index (χ1v) is 10.3. The van der Waals surface area contributed by atoms with Crippen molar-refractivity contribution in [1.29, 1.82) is 0 Å². The number of carbonyl (C=O) groups excluding carboxylic acids is 2. The van der Waals surface area contributed by atoms with Crippen LogP contribution in [-0.4, -0.2) is 37.0 Å². The van der Waals surface area contributed by atoms with Gasteiger partial charge in [-0.3, -0.25) is 4.79 Å². The number of carbonyl (C=O) groups is 2. The van der Waals surface area contributed by atoms with Gasteiger partial charge in [-0.05, 0) is 30.7 Å². The highest BCUT2D eigenvalue weighted by Gasteiger charge is 2.36. The first-order valence-electron chi connectivity index (χ1n) is 9.58. The van der Waals surface area contributed by atoms with Gasteiger partial charge < -0.3 is 14.4 Å². The summed E-state index contributed by atoms with van der Waals surface area (Å²) in [5.41, 5.74) is 2.59. The molecule has 1 unspecified atom stereocenters. The Kier molecular flexibility index (Phi) is 7.53. The molecule has 0 saturated heterocycles. The number of ether oxygens (including phenoxy) is 2.